The molecular formula is C10H10BrNO. The Morgan fingerprint density at radius 1 is 1.54 bits per heavy atom. The maximum absolute atomic E-state index is 11.4. The number of rotatable bonds is 0. The van der Waals surface area contributed by atoms with Crippen molar-refractivity contribution in [3.63, 3.8) is 0 Å². The van der Waals surface area contributed by atoms with Crippen molar-refractivity contribution in [2.75, 3.05) is 5.32 Å². The Hall–Kier alpha value is -0.830. The summed E-state index contributed by atoms with van der Waals surface area (Å²) in [6, 6.07) is 5.90. The Morgan fingerprint density at radius 3 is 3.08 bits per heavy atom. The summed E-state index contributed by atoms with van der Waals surface area (Å²) in [5, 5.41) is 3.17. The summed E-state index contributed by atoms with van der Waals surface area (Å²) in [5.74, 6) is 0.259. The summed E-state index contributed by atoms with van der Waals surface area (Å²) >= 11 is 3.40. The molecule has 13 heavy (non-hydrogen) atoms. The third kappa shape index (κ3) is 1.61. The van der Waals surface area contributed by atoms with E-state index in [4.69, 9.17) is 0 Å². The first-order chi connectivity index (χ1) is 6.16. The molecule has 1 atom stereocenters. The number of ketones is 1. The second-order valence-corrected chi connectivity index (χ2v) is 4.23. The molecule has 1 heterocycles. The van der Waals surface area contributed by atoms with Crippen molar-refractivity contribution in [2.24, 2.45) is 0 Å². The SMILES string of the molecule is C[C@H]1Nc2cc(Br)ccc2CC1=O. The van der Waals surface area contributed by atoms with E-state index in [1.54, 1.807) is 0 Å². The third-order valence-electron chi connectivity index (χ3n) is 2.29. The first-order valence-corrected chi connectivity index (χ1v) is 5.04. The maximum atomic E-state index is 11.4. The van der Waals surface area contributed by atoms with Crippen LogP contribution >= 0.6 is 15.9 Å². The molecule has 0 spiro atoms. The smallest absolute Gasteiger partial charge is 0.159 e. The van der Waals surface area contributed by atoms with Crippen molar-refractivity contribution in [3.8, 4) is 0 Å². The maximum Gasteiger partial charge on any atom is 0.159 e. The van der Waals surface area contributed by atoms with Gasteiger partial charge in [-0.2, -0.15) is 0 Å². The molecule has 0 unspecified atom stereocenters. The monoisotopic (exact) mass is 239 g/mol. The molecule has 1 aromatic carbocycles. The van der Waals surface area contributed by atoms with E-state index < -0.39 is 0 Å². The van der Waals surface area contributed by atoms with Crippen LogP contribution in [-0.4, -0.2) is 11.8 Å². The van der Waals surface area contributed by atoms with Gasteiger partial charge in [-0.1, -0.05) is 22.0 Å². The minimum atomic E-state index is -0.0539. The zero-order valence-electron chi connectivity index (χ0n) is 7.30. The molecule has 1 aromatic rings. The van der Waals surface area contributed by atoms with Crippen molar-refractivity contribution in [1.29, 1.82) is 0 Å². The molecule has 2 nitrogen and oxygen atoms in total. The van der Waals surface area contributed by atoms with E-state index in [0.717, 1.165) is 15.7 Å². The van der Waals surface area contributed by atoms with Gasteiger partial charge in [-0.15, -0.1) is 0 Å². The van der Waals surface area contributed by atoms with E-state index in [2.05, 4.69) is 21.2 Å². The number of fused-ring (bicyclic) bond motifs is 1. The molecule has 0 aliphatic carbocycles. The minimum Gasteiger partial charge on any atom is -0.375 e. The summed E-state index contributed by atoms with van der Waals surface area (Å²) in [6.07, 6.45) is 0.552. The highest BCUT2D eigenvalue weighted by Gasteiger charge is 2.21. The Labute approximate surface area is 85.5 Å². The molecule has 0 aromatic heterocycles. The van der Waals surface area contributed by atoms with E-state index in [0.29, 0.717) is 6.42 Å². The van der Waals surface area contributed by atoms with Crippen LogP contribution in [-0.2, 0) is 11.2 Å². The molecule has 0 saturated carbocycles. The van der Waals surface area contributed by atoms with Gasteiger partial charge in [0.15, 0.2) is 5.78 Å². The summed E-state index contributed by atoms with van der Waals surface area (Å²) in [4.78, 5) is 11.4. The van der Waals surface area contributed by atoms with Crippen molar-refractivity contribution in [1.82, 2.24) is 0 Å². The molecule has 1 N–H and O–H groups in total. The quantitative estimate of drug-likeness (QED) is 0.754. The zero-order chi connectivity index (χ0) is 9.42. The number of Topliss-reactive ketones (excluding diaryl/α,β-unsaturated/α-hetero) is 1. The van der Waals surface area contributed by atoms with Crippen LogP contribution in [0, 0.1) is 0 Å². The highest BCUT2D eigenvalue weighted by atomic mass is 79.9. The fourth-order valence-electron chi connectivity index (χ4n) is 1.49. The van der Waals surface area contributed by atoms with Gasteiger partial charge < -0.3 is 5.32 Å². The largest absolute Gasteiger partial charge is 0.375 e. The number of anilines is 1. The van der Waals surface area contributed by atoms with Crippen LogP contribution in [0.4, 0.5) is 5.69 Å². The van der Waals surface area contributed by atoms with Crippen LogP contribution in [0.1, 0.15) is 12.5 Å². The Kier molecular flexibility index (Phi) is 2.12. The molecule has 68 valence electrons. The van der Waals surface area contributed by atoms with Gasteiger partial charge in [0, 0.05) is 16.6 Å². The predicted molar refractivity (Wildman–Crippen MR) is 55.9 cm³/mol. The fraction of sp³-hybridized carbons (Fsp3) is 0.300. The average molecular weight is 240 g/mol. The van der Waals surface area contributed by atoms with Gasteiger partial charge in [0.1, 0.15) is 0 Å². The average Bonchev–Trinajstić information content (AvgIpc) is 2.08. The lowest BCUT2D eigenvalue weighted by Crippen LogP contribution is -2.32. The molecule has 1 aliphatic rings. The highest BCUT2D eigenvalue weighted by molar-refractivity contribution is 9.10. The van der Waals surface area contributed by atoms with Gasteiger partial charge in [0.05, 0.1) is 6.04 Å². The van der Waals surface area contributed by atoms with Crippen LogP contribution < -0.4 is 5.32 Å². The minimum absolute atomic E-state index is 0.0539. The predicted octanol–water partition coefficient (Wildman–Crippen LogP) is 2.37. The van der Waals surface area contributed by atoms with Crippen LogP contribution in [0.2, 0.25) is 0 Å². The summed E-state index contributed by atoms with van der Waals surface area (Å²) in [6.45, 7) is 1.90. The lowest BCUT2D eigenvalue weighted by molar-refractivity contribution is -0.119. The van der Waals surface area contributed by atoms with E-state index in [1.165, 1.54) is 0 Å². The second-order valence-electron chi connectivity index (χ2n) is 3.31. The molecule has 0 bridgehead atoms. The number of hydrogen-bond acceptors (Lipinski definition) is 2. The van der Waals surface area contributed by atoms with E-state index >= 15 is 0 Å². The number of nitrogens with one attached hydrogen (secondary N) is 1. The zero-order valence-corrected chi connectivity index (χ0v) is 8.89. The standard InChI is InChI=1S/C10H10BrNO/c1-6-10(13)4-7-2-3-8(11)5-9(7)12-6/h2-3,5-6,12H,4H2,1H3/t6-/m1/s1. The van der Waals surface area contributed by atoms with E-state index in [9.17, 15) is 4.79 Å². The van der Waals surface area contributed by atoms with Crippen LogP contribution in [0.3, 0.4) is 0 Å². The van der Waals surface area contributed by atoms with Gasteiger partial charge in [-0.25, -0.2) is 0 Å². The van der Waals surface area contributed by atoms with Gasteiger partial charge in [-0.3, -0.25) is 4.79 Å². The number of carbonyl (C=O) groups is 1. The molecule has 0 saturated heterocycles. The number of benzene rings is 1. The second kappa shape index (κ2) is 3.14. The van der Waals surface area contributed by atoms with Crippen molar-refractivity contribution in [2.45, 2.75) is 19.4 Å². The van der Waals surface area contributed by atoms with Gasteiger partial charge in [-0.05, 0) is 24.6 Å². The Morgan fingerprint density at radius 2 is 2.31 bits per heavy atom. The number of hydrogen-bond donors (Lipinski definition) is 1. The first-order valence-electron chi connectivity index (χ1n) is 4.24. The lowest BCUT2D eigenvalue weighted by Gasteiger charge is -2.22. The highest BCUT2D eigenvalue weighted by Crippen LogP contribution is 2.26. The summed E-state index contributed by atoms with van der Waals surface area (Å²) in [7, 11) is 0. The van der Waals surface area contributed by atoms with Crippen molar-refractivity contribution >= 4 is 27.4 Å². The topological polar surface area (TPSA) is 29.1 Å². The van der Waals surface area contributed by atoms with Crippen LogP contribution in [0.25, 0.3) is 0 Å². The van der Waals surface area contributed by atoms with Gasteiger partial charge in [0.2, 0.25) is 0 Å². The van der Waals surface area contributed by atoms with Crippen LogP contribution in [0.5, 0.6) is 0 Å². The molecule has 0 radical (unpaired) electrons. The summed E-state index contributed by atoms with van der Waals surface area (Å²) < 4.78 is 1.04. The van der Waals surface area contributed by atoms with E-state index in [1.807, 2.05) is 25.1 Å². The molecule has 2 rings (SSSR count). The van der Waals surface area contributed by atoms with Gasteiger partial charge in [0.25, 0.3) is 0 Å². The third-order valence-corrected chi connectivity index (χ3v) is 2.78. The Bertz CT molecular complexity index is 362. The lowest BCUT2D eigenvalue weighted by atomic mass is 9.98. The number of carbonyl (C=O) groups excluding carboxylic acids is 1. The van der Waals surface area contributed by atoms with Gasteiger partial charge >= 0.3 is 0 Å². The van der Waals surface area contributed by atoms with Crippen molar-refractivity contribution < 1.29 is 4.79 Å². The molecule has 1 aliphatic heterocycles. The normalized spacial score (nSPS) is 20.8. The molecular weight excluding hydrogens is 230 g/mol. The van der Waals surface area contributed by atoms with Crippen molar-refractivity contribution in [3.05, 3.63) is 28.2 Å². The summed E-state index contributed by atoms with van der Waals surface area (Å²) in [5.41, 5.74) is 2.16. The number of halogens is 1. The molecule has 3 heteroatoms. The van der Waals surface area contributed by atoms with E-state index in [-0.39, 0.29) is 11.8 Å². The van der Waals surface area contributed by atoms with Crippen LogP contribution in [0.15, 0.2) is 22.7 Å². The molecule has 0 fully saturated rings. The Balaban J connectivity index is 2.42. The first kappa shape index (κ1) is 8.75. The fourth-order valence-corrected chi connectivity index (χ4v) is 1.85. The molecule has 0 amide bonds.